The summed E-state index contributed by atoms with van der Waals surface area (Å²) in [5.74, 6) is -0.0913. The number of halogens is 5. The number of aromatic nitrogens is 4. The largest absolute Gasteiger partial charge is 0.491 e. The van der Waals surface area contributed by atoms with Crippen molar-refractivity contribution in [3.8, 4) is 17.3 Å². The Bertz CT molecular complexity index is 1380. The van der Waals surface area contributed by atoms with Crippen molar-refractivity contribution in [3.05, 3.63) is 54.0 Å². The van der Waals surface area contributed by atoms with Gasteiger partial charge in [0.15, 0.2) is 23.0 Å². The van der Waals surface area contributed by atoms with Crippen LogP contribution in [-0.4, -0.2) is 56.9 Å². The molecule has 3 aromatic heterocycles. The highest BCUT2D eigenvalue weighted by Crippen LogP contribution is 2.40. The van der Waals surface area contributed by atoms with Gasteiger partial charge in [-0.1, -0.05) is 12.1 Å². The number of fused-ring (bicyclic) bond motifs is 2. The number of likely N-dealkylation sites (tertiary alicyclic amines) is 1. The first-order chi connectivity index (χ1) is 16.8. The summed E-state index contributed by atoms with van der Waals surface area (Å²) < 4.78 is 63.6. The molecule has 0 amide bonds. The molecule has 1 aromatic carbocycles. The molecule has 192 valence electrons. The molecule has 1 saturated heterocycles. The Hall–Kier alpha value is -3.02. The molecule has 5 rings (SSSR count). The number of nitrogens with zero attached hydrogens (tertiary/aromatic N) is 5. The highest BCUT2D eigenvalue weighted by molar-refractivity contribution is 5.85. The van der Waals surface area contributed by atoms with E-state index in [-0.39, 0.29) is 35.5 Å². The second-order valence-electron chi connectivity index (χ2n) is 8.65. The lowest BCUT2D eigenvalue weighted by Gasteiger charge is -2.30. The first-order valence-corrected chi connectivity index (χ1v) is 11.4. The molecule has 2 atom stereocenters. The topological polar surface area (TPSA) is 81.6 Å². The minimum atomic E-state index is -4.47. The Morgan fingerprint density at radius 3 is 2.67 bits per heavy atom. The minimum Gasteiger partial charge on any atom is -0.491 e. The van der Waals surface area contributed by atoms with Crippen LogP contribution in [0.1, 0.15) is 24.9 Å². The standard InChI is InChI=1S/C24H24F4N6O.ClH/c1-2-35-20-10-19-15(9-17(20)25)3-5-18(30-19)23-32-31-21-6-4-16(13-34(21)23)22(24(26,27)28)33-8-7-14(11-29)12-33;/h3-6,9-10,13-14,22H,2,7-8,11-12,29H2,1H3;1H/t14?,22-;/m0./s1. The lowest BCUT2D eigenvalue weighted by Crippen LogP contribution is -2.37. The molecular weight excluding hydrogens is 500 g/mol. The van der Waals surface area contributed by atoms with E-state index in [2.05, 4.69) is 15.2 Å². The summed E-state index contributed by atoms with van der Waals surface area (Å²) in [6, 6.07) is 7.33. The summed E-state index contributed by atoms with van der Waals surface area (Å²) in [5, 5.41) is 8.83. The normalized spacial score (nSPS) is 17.4. The van der Waals surface area contributed by atoms with Crippen LogP contribution in [0.3, 0.4) is 0 Å². The number of alkyl halides is 3. The van der Waals surface area contributed by atoms with E-state index >= 15 is 0 Å². The third kappa shape index (κ3) is 4.82. The summed E-state index contributed by atoms with van der Waals surface area (Å²) >= 11 is 0. The molecule has 1 fully saturated rings. The van der Waals surface area contributed by atoms with E-state index in [0.29, 0.717) is 54.9 Å². The SMILES string of the molecule is CCOc1cc2nc(-c3nnc4ccc([C@H](N5CCC(CN)C5)C(F)(F)F)cn34)ccc2cc1F.Cl. The van der Waals surface area contributed by atoms with Gasteiger partial charge >= 0.3 is 6.18 Å². The molecule has 36 heavy (non-hydrogen) atoms. The van der Waals surface area contributed by atoms with E-state index in [1.165, 1.54) is 39.8 Å². The van der Waals surface area contributed by atoms with E-state index in [1.54, 1.807) is 19.1 Å². The predicted octanol–water partition coefficient (Wildman–Crippen LogP) is 4.79. The summed E-state index contributed by atoms with van der Waals surface area (Å²) in [6.45, 7) is 3.02. The van der Waals surface area contributed by atoms with Gasteiger partial charge in [0.1, 0.15) is 11.7 Å². The van der Waals surface area contributed by atoms with Crippen molar-refractivity contribution in [2.45, 2.75) is 25.6 Å². The Morgan fingerprint density at radius 2 is 1.97 bits per heavy atom. The van der Waals surface area contributed by atoms with Crippen LogP contribution >= 0.6 is 12.4 Å². The number of ether oxygens (including phenoxy) is 1. The first kappa shape index (κ1) is 26.1. The molecule has 7 nitrogen and oxygen atoms in total. The van der Waals surface area contributed by atoms with Gasteiger partial charge in [0, 0.05) is 24.2 Å². The van der Waals surface area contributed by atoms with E-state index in [4.69, 9.17) is 10.5 Å². The Labute approximate surface area is 210 Å². The molecule has 2 N–H and O–H groups in total. The molecule has 1 aliphatic rings. The number of hydrogen-bond acceptors (Lipinski definition) is 6. The minimum absolute atomic E-state index is 0. The molecule has 1 aliphatic heterocycles. The van der Waals surface area contributed by atoms with Gasteiger partial charge in [-0.2, -0.15) is 13.2 Å². The van der Waals surface area contributed by atoms with Gasteiger partial charge < -0.3 is 10.5 Å². The van der Waals surface area contributed by atoms with Crippen molar-refractivity contribution in [1.82, 2.24) is 24.5 Å². The fourth-order valence-electron chi connectivity index (χ4n) is 4.65. The van der Waals surface area contributed by atoms with Gasteiger partial charge in [0.2, 0.25) is 0 Å². The maximum absolute atomic E-state index is 14.2. The van der Waals surface area contributed by atoms with Crippen LogP contribution in [0.2, 0.25) is 0 Å². The van der Waals surface area contributed by atoms with Crippen LogP contribution < -0.4 is 10.5 Å². The van der Waals surface area contributed by atoms with Crippen LogP contribution in [0.15, 0.2) is 42.6 Å². The monoisotopic (exact) mass is 524 g/mol. The average Bonchev–Trinajstić information content (AvgIpc) is 3.46. The van der Waals surface area contributed by atoms with E-state index in [1.807, 2.05) is 0 Å². The predicted molar refractivity (Wildman–Crippen MR) is 130 cm³/mol. The average molecular weight is 525 g/mol. The molecule has 0 aliphatic carbocycles. The van der Waals surface area contributed by atoms with Crippen LogP contribution in [0.4, 0.5) is 17.6 Å². The highest BCUT2D eigenvalue weighted by atomic mass is 35.5. The van der Waals surface area contributed by atoms with Crippen LogP contribution in [0.25, 0.3) is 28.1 Å². The van der Waals surface area contributed by atoms with Crippen LogP contribution in [0, 0.1) is 11.7 Å². The smallest absolute Gasteiger partial charge is 0.408 e. The summed E-state index contributed by atoms with van der Waals surface area (Å²) in [5.41, 5.74) is 7.04. The quantitative estimate of drug-likeness (QED) is 0.365. The van der Waals surface area contributed by atoms with Crippen molar-refractivity contribution in [2.75, 3.05) is 26.2 Å². The van der Waals surface area contributed by atoms with Gasteiger partial charge in [-0.25, -0.2) is 9.37 Å². The molecule has 0 saturated carbocycles. The van der Waals surface area contributed by atoms with Gasteiger partial charge in [-0.3, -0.25) is 9.30 Å². The third-order valence-electron chi connectivity index (χ3n) is 6.34. The first-order valence-electron chi connectivity index (χ1n) is 11.4. The molecule has 12 heteroatoms. The summed E-state index contributed by atoms with van der Waals surface area (Å²) in [6.07, 6.45) is -2.42. The summed E-state index contributed by atoms with van der Waals surface area (Å²) in [7, 11) is 0. The molecule has 0 spiro atoms. The number of benzene rings is 1. The molecule has 1 unspecified atom stereocenters. The number of nitrogens with two attached hydrogens (primary N) is 1. The fraction of sp³-hybridized carbons (Fsp3) is 0.375. The Balaban J connectivity index is 0.00000304. The maximum Gasteiger partial charge on any atom is 0.408 e. The molecule has 4 heterocycles. The second kappa shape index (κ2) is 10.2. The number of pyridine rings is 2. The van der Waals surface area contributed by atoms with Crippen molar-refractivity contribution in [2.24, 2.45) is 11.7 Å². The van der Waals surface area contributed by atoms with Crippen molar-refractivity contribution in [3.63, 3.8) is 0 Å². The maximum atomic E-state index is 14.2. The zero-order valence-corrected chi connectivity index (χ0v) is 20.2. The van der Waals surface area contributed by atoms with Crippen LogP contribution in [0.5, 0.6) is 5.75 Å². The van der Waals surface area contributed by atoms with Crippen molar-refractivity contribution in [1.29, 1.82) is 0 Å². The van der Waals surface area contributed by atoms with Gasteiger partial charge in [0.05, 0.1) is 12.1 Å². The second-order valence-corrected chi connectivity index (χ2v) is 8.65. The number of hydrogen-bond donors (Lipinski definition) is 1. The van der Waals surface area contributed by atoms with Gasteiger partial charge in [-0.15, -0.1) is 22.6 Å². The lowest BCUT2D eigenvalue weighted by atomic mass is 10.1. The Morgan fingerprint density at radius 1 is 1.17 bits per heavy atom. The molecule has 0 bridgehead atoms. The van der Waals surface area contributed by atoms with E-state index < -0.39 is 18.0 Å². The van der Waals surface area contributed by atoms with E-state index in [0.717, 1.165) is 0 Å². The number of rotatable bonds is 6. The van der Waals surface area contributed by atoms with Gasteiger partial charge in [-0.05, 0) is 56.1 Å². The van der Waals surface area contributed by atoms with Crippen molar-refractivity contribution < 1.29 is 22.3 Å². The molecule has 0 radical (unpaired) electrons. The zero-order valence-electron chi connectivity index (χ0n) is 19.4. The fourth-order valence-corrected chi connectivity index (χ4v) is 4.65. The summed E-state index contributed by atoms with van der Waals surface area (Å²) in [4.78, 5) is 5.99. The lowest BCUT2D eigenvalue weighted by molar-refractivity contribution is -0.184. The molecular formula is C24H25ClF4N6O. The third-order valence-corrected chi connectivity index (χ3v) is 6.34. The highest BCUT2D eigenvalue weighted by Gasteiger charge is 2.46. The van der Waals surface area contributed by atoms with Gasteiger partial charge in [0.25, 0.3) is 0 Å². The zero-order chi connectivity index (χ0) is 24.7. The molecule has 4 aromatic rings. The van der Waals surface area contributed by atoms with Crippen molar-refractivity contribution >= 4 is 29.0 Å². The van der Waals surface area contributed by atoms with Crippen LogP contribution in [-0.2, 0) is 0 Å². The Kier molecular flexibility index (Phi) is 7.35. The van der Waals surface area contributed by atoms with E-state index in [9.17, 15) is 17.6 Å².